The number of carbonyl (C=O) groups excluding carboxylic acids is 1. The van der Waals surface area contributed by atoms with E-state index in [1.807, 2.05) is 12.1 Å². The van der Waals surface area contributed by atoms with Crippen molar-refractivity contribution in [2.45, 2.75) is 57.8 Å². The van der Waals surface area contributed by atoms with E-state index in [0.29, 0.717) is 6.04 Å². The first kappa shape index (κ1) is 22.1. The van der Waals surface area contributed by atoms with Gasteiger partial charge in [-0.3, -0.25) is 9.69 Å². The Labute approximate surface area is 191 Å². The molecule has 0 aliphatic heterocycles. The zero-order valence-electron chi connectivity index (χ0n) is 19.0. The van der Waals surface area contributed by atoms with Gasteiger partial charge in [0.05, 0.1) is 0 Å². The van der Waals surface area contributed by atoms with Gasteiger partial charge in [-0.15, -0.1) is 0 Å². The third-order valence-corrected chi connectivity index (χ3v) is 6.35. The van der Waals surface area contributed by atoms with Gasteiger partial charge in [0.2, 0.25) is 0 Å². The summed E-state index contributed by atoms with van der Waals surface area (Å²) in [5, 5.41) is 0. The van der Waals surface area contributed by atoms with Crippen LogP contribution in [0.3, 0.4) is 0 Å². The Bertz CT molecular complexity index is 1010. The first-order chi connectivity index (χ1) is 15.4. The van der Waals surface area contributed by atoms with E-state index in [4.69, 9.17) is 10.5 Å². The van der Waals surface area contributed by atoms with Crippen LogP contribution in [0.25, 0.3) is 0 Å². The maximum atomic E-state index is 11.8. The van der Waals surface area contributed by atoms with Gasteiger partial charge >= 0.3 is 0 Å². The Balaban J connectivity index is 1.57. The van der Waals surface area contributed by atoms with Gasteiger partial charge in [-0.2, -0.15) is 0 Å². The standard InChI is InChI=1S/C28H32N2O2/c1-28(2,27(29)31)32-26-15-9-14-23-18-24(16-17-25(23)26)30(19-21-10-5-3-6-11-21)20-22-12-7-4-8-13-22/h3-15,24H,16-20H2,1-2H3,(H2,29,31)/t24-/m0/s1. The van der Waals surface area contributed by atoms with Crippen molar-refractivity contribution in [3.63, 3.8) is 0 Å². The zero-order chi connectivity index (χ0) is 22.6. The number of amides is 1. The molecule has 4 rings (SSSR count). The van der Waals surface area contributed by atoms with E-state index in [2.05, 4.69) is 71.6 Å². The number of nitrogens with two attached hydrogens (primary N) is 1. The molecule has 2 N–H and O–H groups in total. The summed E-state index contributed by atoms with van der Waals surface area (Å²) >= 11 is 0. The third kappa shape index (κ3) is 5.20. The summed E-state index contributed by atoms with van der Waals surface area (Å²) in [6.07, 6.45) is 2.93. The van der Waals surface area contributed by atoms with Crippen LogP contribution in [0.15, 0.2) is 78.9 Å². The molecule has 3 aromatic carbocycles. The molecule has 4 nitrogen and oxygen atoms in total. The smallest absolute Gasteiger partial charge is 0.261 e. The molecule has 0 bridgehead atoms. The molecule has 166 valence electrons. The van der Waals surface area contributed by atoms with Crippen molar-refractivity contribution in [1.82, 2.24) is 4.90 Å². The molecule has 0 saturated carbocycles. The SMILES string of the molecule is CC(C)(Oc1cccc2c1CC[C@H](N(Cc1ccccc1)Cc1ccccc1)C2)C(N)=O. The predicted octanol–water partition coefficient (Wildman–Crippen LogP) is 4.89. The predicted molar refractivity (Wildman–Crippen MR) is 128 cm³/mol. The van der Waals surface area contributed by atoms with Crippen LogP contribution in [-0.2, 0) is 30.7 Å². The Kier molecular flexibility index (Phi) is 6.61. The summed E-state index contributed by atoms with van der Waals surface area (Å²) < 4.78 is 6.06. The number of nitrogens with zero attached hydrogens (tertiary/aromatic N) is 1. The van der Waals surface area contributed by atoms with E-state index in [1.165, 1.54) is 22.3 Å². The van der Waals surface area contributed by atoms with E-state index in [1.54, 1.807) is 13.8 Å². The van der Waals surface area contributed by atoms with Gasteiger partial charge in [-0.25, -0.2) is 0 Å². The summed E-state index contributed by atoms with van der Waals surface area (Å²) in [7, 11) is 0. The summed E-state index contributed by atoms with van der Waals surface area (Å²) in [4.78, 5) is 14.4. The molecule has 0 fully saturated rings. The number of primary amides is 1. The van der Waals surface area contributed by atoms with Crippen LogP contribution in [0, 0.1) is 0 Å². The highest BCUT2D eigenvalue weighted by Gasteiger charge is 2.31. The van der Waals surface area contributed by atoms with Crippen molar-refractivity contribution < 1.29 is 9.53 Å². The molecule has 0 spiro atoms. The Morgan fingerprint density at radius 3 is 2.09 bits per heavy atom. The molecule has 3 aromatic rings. The van der Waals surface area contributed by atoms with E-state index in [0.717, 1.165) is 38.1 Å². The summed E-state index contributed by atoms with van der Waals surface area (Å²) in [6.45, 7) is 5.28. The Morgan fingerprint density at radius 1 is 0.938 bits per heavy atom. The van der Waals surface area contributed by atoms with Crippen LogP contribution in [0.4, 0.5) is 0 Å². The molecule has 1 atom stereocenters. The lowest BCUT2D eigenvalue weighted by atomic mass is 9.86. The lowest BCUT2D eigenvalue weighted by Gasteiger charge is -2.36. The molecule has 0 radical (unpaired) electrons. The minimum Gasteiger partial charge on any atom is -0.478 e. The fourth-order valence-corrected chi connectivity index (χ4v) is 4.44. The van der Waals surface area contributed by atoms with Crippen molar-refractivity contribution in [3.05, 3.63) is 101 Å². The highest BCUT2D eigenvalue weighted by molar-refractivity contribution is 5.83. The van der Waals surface area contributed by atoms with Gasteiger partial charge in [-0.05, 0) is 61.4 Å². The topological polar surface area (TPSA) is 55.6 Å². The number of benzene rings is 3. The van der Waals surface area contributed by atoms with Gasteiger partial charge in [0, 0.05) is 19.1 Å². The van der Waals surface area contributed by atoms with Crippen molar-refractivity contribution in [3.8, 4) is 5.75 Å². The molecule has 32 heavy (non-hydrogen) atoms. The van der Waals surface area contributed by atoms with Crippen LogP contribution in [0.1, 0.15) is 42.5 Å². The van der Waals surface area contributed by atoms with E-state index in [9.17, 15) is 4.79 Å². The Hall–Kier alpha value is -3.11. The lowest BCUT2D eigenvalue weighted by molar-refractivity contribution is -0.130. The Morgan fingerprint density at radius 2 is 1.53 bits per heavy atom. The molecule has 0 aromatic heterocycles. The number of hydrogen-bond donors (Lipinski definition) is 1. The maximum absolute atomic E-state index is 11.8. The number of rotatable bonds is 8. The van der Waals surface area contributed by atoms with E-state index < -0.39 is 11.5 Å². The van der Waals surface area contributed by atoms with Crippen LogP contribution in [0.2, 0.25) is 0 Å². The zero-order valence-corrected chi connectivity index (χ0v) is 19.0. The summed E-state index contributed by atoms with van der Waals surface area (Å²) in [6, 6.07) is 28.0. The number of hydrogen-bond acceptors (Lipinski definition) is 3. The normalized spacial score (nSPS) is 15.9. The minimum atomic E-state index is -1.03. The molecular formula is C28H32N2O2. The fraction of sp³-hybridized carbons (Fsp3) is 0.321. The molecule has 1 aliphatic carbocycles. The molecule has 1 aliphatic rings. The number of ether oxygens (including phenoxy) is 1. The molecule has 4 heteroatoms. The largest absolute Gasteiger partial charge is 0.478 e. The second-order valence-electron chi connectivity index (χ2n) is 9.14. The third-order valence-electron chi connectivity index (χ3n) is 6.35. The van der Waals surface area contributed by atoms with Gasteiger partial charge in [0.15, 0.2) is 5.60 Å². The van der Waals surface area contributed by atoms with Crippen LogP contribution in [0.5, 0.6) is 5.75 Å². The fourth-order valence-electron chi connectivity index (χ4n) is 4.44. The average Bonchev–Trinajstić information content (AvgIpc) is 2.79. The van der Waals surface area contributed by atoms with Crippen molar-refractivity contribution >= 4 is 5.91 Å². The van der Waals surface area contributed by atoms with Crippen LogP contribution in [-0.4, -0.2) is 22.4 Å². The van der Waals surface area contributed by atoms with Crippen LogP contribution >= 0.6 is 0 Å². The van der Waals surface area contributed by atoms with Crippen molar-refractivity contribution in [2.24, 2.45) is 5.73 Å². The van der Waals surface area contributed by atoms with Gasteiger partial charge < -0.3 is 10.5 Å². The molecule has 0 saturated heterocycles. The first-order valence-electron chi connectivity index (χ1n) is 11.3. The van der Waals surface area contributed by atoms with Gasteiger partial charge in [-0.1, -0.05) is 72.8 Å². The first-order valence-corrected chi connectivity index (χ1v) is 11.3. The lowest BCUT2D eigenvalue weighted by Crippen LogP contribution is -2.44. The van der Waals surface area contributed by atoms with Gasteiger partial charge in [0.25, 0.3) is 5.91 Å². The van der Waals surface area contributed by atoms with Crippen molar-refractivity contribution in [2.75, 3.05) is 0 Å². The quantitative estimate of drug-likeness (QED) is 0.556. The molecular weight excluding hydrogens is 396 g/mol. The summed E-state index contributed by atoms with van der Waals surface area (Å²) in [5.41, 5.74) is 9.66. The minimum absolute atomic E-state index is 0.433. The monoisotopic (exact) mass is 428 g/mol. The van der Waals surface area contributed by atoms with E-state index in [-0.39, 0.29) is 0 Å². The van der Waals surface area contributed by atoms with E-state index >= 15 is 0 Å². The maximum Gasteiger partial charge on any atom is 0.261 e. The second kappa shape index (κ2) is 9.58. The molecule has 0 heterocycles. The molecule has 1 amide bonds. The van der Waals surface area contributed by atoms with Crippen molar-refractivity contribution in [1.29, 1.82) is 0 Å². The van der Waals surface area contributed by atoms with Gasteiger partial charge in [0.1, 0.15) is 5.75 Å². The summed E-state index contributed by atoms with van der Waals surface area (Å²) in [5.74, 6) is 0.322. The second-order valence-corrected chi connectivity index (χ2v) is 9.14. The molecule has 0 unspecified atom stereocenters. The number of fused-ring (bicyclic) bond motifs is 1. The van der Waals surface area contributed by atoms with Crippen LogP contribution < -0.4 is 10.5 Å². The average molecular weight is 429 g/mol. The highest BCUT2D eigenvalue weighted by atomic mass is 16.5. The number of carbonyl (C=O) groups is 1. The highest BCUT2D eigenvalue weighted by Crippen LogP contribution is 2.34.